The molecule has 1 aromatic heterocycles. The SMILES string of the molecule is Cc1cc(C)c(C(C)NCCOC(N)=O)c(C)n1. The van der Waals surface area contributed by atoms with E-state index in [2.05, 4.69) is 35.0 Å². The molecule has 1 amide bonds. The minimum atomic E-state index is -0.742. The molecule has 1 rings (SSSR count). The zero-order chi connectivity index (χ0) is 13.7. The van der Waals surface area contributed by atoms with Gasteiger partial charge in [0, 0.05) is 24.0 Å². The third-order valence-electron chi connectivity index (χ3n) is 2.81. The van der Waals surface area contributed by atoms with Gasteiger partial charge in [0.25, 0.3) is 0 Å². The fourth-order valence-electron chi connectivity index (χ4n) is 2.22. The fourth-order valence-corrected chi connectivity index (χ4v) is 2.22. The highest BCUT2D eigenvalue weighted by atomic mass is 16.5. The Bertz CT molecular complexity index is 409. The normalized spacial score (nSPS) is 12.2. The van der Waals surface area contributed by atoms with Crippen LogP contribution in [0.2, 0.25) is 0 Å². The van der Waals surface area contributed by atoms with Gasteiger partial charge in [-0.3, -0.25) is 4.98 Å². The number of ether oxygens (including phenoxy) is 1. The fraction of sp³-hybridized carbons (Fsp3) is 0.538. The van der Waals surface area contributed by atoms with Crippen LogP contribution in [0.4, 0.5) is 4.79 Å². The predicted octanol–water partition coefficient (Wildman–Crippen LogP) is 1.75. The van der Waals surface area contributed by atoms with Crippen LogP contribution < -0.4 is 11.1 Å². The topological polar surface area (TPSA) is 77.2 Å². The van der Waals surface area contributed by atoms with Crippen LogP contribution in [-0.4, -0.2) is 24.2 Å². The number of nitrogens with zero attached hydrogens (tertiary/aromatic N) is 1. The molecule has 5 nitrogen and oxygen atoms in total. The largest absolute Gasteiger partial charge is 0.448 e. The summed E-state index contributed by atoms with van der Waals surface area (Å²) >= 11 is 0. The molecular formula is C13H21N3O2. The lowest BCUT2D eigenvalue weighted by Crippen LogP contribution is -2.27. The van der Waals surface area contributed by atoms with Gasteiger partial charge in [-0.05, 0) is 44.9 Å². The van der Waals surface area contributed by atoms with Crippen molar-refractivity contribution in [3.05, 3.63) is 28.6 Å². The molecule has 0 fully saturated rings. The Hall–Kier alpha value is -1.62. The maximum atomic E-state index is 10.4. The maximum Gasteiger partial charge on any atom is 0.404 e. The zero-order valence-corrected chi connectivity index (χ0v) is 11.4. The minimum Gasteiger partial charge on any atom is -0.448 e. The summed E-state index contributed by atoms with van der Waals surface area (Å²) < 4.78 is 4.67. The van der Waals surface area contributed by atoms with Crippen molar-refractivity contribution in [2.45, 2.75) is 33.7 Å². The van der Waals surface area contributed by atoms with Gasteiger partial charge in [-0.1, -0.05) is 0 Å². The molecule has 0 aliphatic rings. The molecule has 0 bridgehead atoms. The quantitative estimate of drug-likeness (QED) is 0.782. The van der Waals surface area contributed by atoms with Gasteiger partial charge in [-0.2, -0.15) is 0 Å². The number of primary amides is 1. The van der Waals surface area contributed by atoms with Crippen LogP contribution in [0, 0.1) is 20.8 Å². The smallest absolute Gasteiger partial charge is 0.404 e. The Labute approximate surface area is 108 Å². The van der Waals surface area contributed by atoms with E-state index in [1.807, 2.05) is 13.8 Å². The van der Waals surface area contributed by atoms with Crippen LogP contribution in [0.1, 0.15) is 35.5 Å². The number of hydrogen-bond donors (Lipinski definition) is 2. The van der Waals surface area contributed by atoms with E-state index in [0.717, 1.165) is 11.4 Å². The van der Waals surface area contributed by atoms with E-state index in [4.69, 9.17) is 5.73 Å². The van der Waals surface area contributed by atoms with Gasteiger partial charge in [0.05, 0.1) is 0 Å². The maximum absolute atomic E-state index is 10.4. The van der Waals surface area contributed by atoms with Crippen molar-refractivity contribution in [1.29, 1.82) is 0 Å². The highest BCUT2D eigenvalue weighted by Gasteiger charge is 2.12. The molecule has 0 spiro atoms. The first-order valence-corrected chi connectivity index (χ1v) is 6.02. The number of nitrogens with one attached hydrogen (secondary N) is 1. The van der Waals surface area contributed by atoms with E-state index in [9.17, 15) is 4.79 Å². The summed E-state index contributed by atoms with van der Waals surface area (Å²) in [5, 5.41) is 3.28. The molecule has 5 heteroatoms. The Balaban J connectivity index is 2.61. The summed E-state index contributed by atoms with van der Waals surface area (Å²) in [5.74, 6) is 0. The van der Waals surface area contributed by atoms with E-state index < -0.39 is 6.09 Å². The number of carbonyl (C=O) groups excluding carboxylic acids is 1. The Morgan fingerprint density at radius 3 is 2.72 bits per heavy atom. The molecule has 100 valence electrons. The van der Waals surface area contributed by atoms with Gasteiger partial charge in [-0.25, -0.2) is 4.79 Å². The van der Waals surface area contributed by atoms with Gasteiger partial charge < -0.3 is 15.8 Å². The van der Waals surface area contributed by atoms with Crippen molar-refractivity contribution < 1.29 is 9.53 Å². The van der Waals surface area contributed by atoms with Gasteiger partial charge in [-0.15, -0.1) is 0 Å². The summed E-state index contributed by atoms with van der Waals surface area (Å²) in [6.45, 7) is 8.98. The number of rotatable bonds is 5. The van der Waals surface area contributed by atoms with Gasteiger partial charge in [0.2, 0.25) is 0 Å². The molecule has 1 atom stereocenters. The summed E-state index contributed by atoms with van der Waals surface area (Å²) in [7, 11) is 0. The third-order valence-corrected chi connectivity index (χ3v) is 2.81. The number of nitrogens with two attached hydrogens (primary N) is 1. The lowest BCUT2D eigenvalue weighted by Gasteiger charge is -2.19. The number of hydrogen-bond acceptors (Lipinski definition) is 4. The van der Waals surface area contributed by atoms with Gasteiger partial charge in [0.15, 0.2) is 0 Å². The average molecular weight is 251 g/mol. The molecule has 0 aliphatic carbocycles. The number of carbonyl (C=O) groups is 1. The molecule has 1 unspecified atom stereocenters. The van der Waals surface area contributed by atoms with Crippen LogP contribution in [0.15, 0.2) is 6.07 Å². The lowest BCUT2D eigenvalue weighted by atomic mass is 10.0. The van der Waals surface area contributed by atoms with Crippen molar-refractivity contribution >= 4 is 6.09 Å². The minimum absolute atomic E-state index is 0.162. The molecule has 0 aromatic carbocycles. The summed E-state index contributed by atoms with van der Waals surface area (Å²) in [5.41, 5.74) is 9.36. The van der Waals surface area contributed by atoms with Gasteiger partial charge in [0.1, 0.15) is 6.61 Å². The van der Waals surface area contributed by atoms with Gasteiger partial charge >= 0.3 is 6.09 Å². The van der Waals surface area contributed by atoms with E-state index in [0.29, 0.717) is 6.54 Å². The number of amides is 1. The standard InChI is InChI=1S/C13H21N3O2/c1-8-7-9(2)16-11(4)12(8)10(3)15-5-6-18-13(14)17/h7,10,15H,5-6H2,1-4H3,(H2,14,17). The summed E-state index contributed by atoms with van der Waals surface area (Å²) in [6, 6.07) is 2.23. The van der Waals surface area contributed by atoms with Crippen LogP contribution in [0.3, 0.4) is 0 Å². The Morgan fingerprint density at radius 1 is 1.50 bits per heavy atom. The zero-order valence-electron chi connectivity index (χ0n) is 11.4. The average Bonchev–Trinajstić information content (AvgIpc) is 2.22. The van der Waals surface area contributed by atoms with Crippen LogP contribution in [-0.2, 0) is 4.74 Å². The van der Waals surface area contributed by atoms with E-state index in [1.54, 1.807) is 0 Å². The van der Waals surface area contributed by atoms with E-state index in [-0.39, 0.29) is 12.6 Å². The molecule has 0 saturated heterocycles. The summed E-state index contributed by atoms with van der Waals surface area (Å²) in [4.78, 5) is 14.9. The molecular weight excluding hydrogens is 230 g/mol. The van der Waals surface area contributed by atoms with Crippen molar-refractivity contribution in [3.8, 4) is 0 Å². The highest BCUT2D eigenvalue weighted by Crippen LogP contribution is 2.20. The van der Waals surface area contributed by atoms with Crippen molar-refractivity contribution in [3.63, 3.8) is 0 Å². The molecule has 0 aliphatic heterocycles. The lowest BCUT2D eigenvalue weighted by molar-refractivity contribution is 0.156. The van der Waals surface area contributed by atoms with Crippen LogP contribution in [0.5, 0.6) is 0 Å². The number of aromatic nitrogens is 1. The van der Waals surface area contributed by atoms with E-state index in [1.165, 1.54) is 11.1 Å². The first-order chi connectivity index (χ1) is 8.41. The third kappa shape index (κ3) is 4.00. The van der Waals surface area contributed by atoms with E-state index >= 15 is 0 Å². The molecule has 1 heterocycles. The van der Waals surface area contributed by atoms with Crippen LogP contribution in [0.25, 0.3) is 0 Å². The Kier molecular flexibility index (Phi) is 5.09. The highest BCUT2D eigenvalue weighted by molar-refractivity contribution is 5.64. The first-order valence-electron chi connectivity index (χ1n) is 6.02. The second-order valence-corrected chi connectivity index (χ2v) is 4.42. The molecule has 0 saturated carbocycles. The predicted molar refractivity (Wildman–Crippen MR) is 70.4 cm³/mol. The first kappa shape index (κ1) is 14.4. The molecule has 1 aromatic rings. The second kappa shape index (κ2) is 6.35. The molecule has 18 heavy (non-hydrogen) atoms. The second-order valence-electron chi connectivity index (χ2n) is 4.42. The number of pyridine rings is 1. The number of aryl methyl sites for hydroxylation is 3. The van der Waals surface area contributed by atoms with Crippen LogP contribution >= 0.6 is 0 Å². The summed E-state index contributed by atoms with van der Waals surface area (Å²) in [6.07, 6.45) is -0.742. The van der Waals surface area contributed by atoms with Crippen molar-refractivity contribution in [1.82, 2.24) is 10.3 Å². The Morgan fingerprint density at radius 2 is 2.17 bits per heavy atom. The molecule has 0 radical (unpaired) electrons. The van der Waals surface area contributed by atoms with Crippen molar-refractivity contribution in [2.75, 3.05) is 13.2 Å². The van der Waals surface area contributed by atoms with Crippen molar-refractivity contribution in [2.24, 2.45) is 5.73 Å². The molecule has 3 N–H and O–H groups in total. The monoisotopic (exact) mass is 251 g/mol.